The van der Waals surface area contributed by atoms with Gasteiger partial charge >= 0.3 is 0 Å². The number of pyridine rings is 1. The molecule has 2 amide bonds. The third kappa shape index (κ3) is 3.54. The summed E-state index contributed by atoms with van der Waals surface area (Å²) in [6.45, 7) is 1.20. The van der Waals surface area contributed by atoms with Gasteiger partial charge in [-0.1, -0.05) is 6.07 Å². The Morgan fingerprint density at radius 2 is 2.10 bits per heavy atom. The third-order valence-corrected chi connectivity index (χ3v) is 5.25. The molecule has 158 valence electrons. The number of benzene rings is 1. The van der Waals surface area contributed by atoms with Crippen molar-refractivity contribution in [3.63, 3.8) is 0 Å². The van der Waals surface area contributed by atoms with Crippen LogP contribution in [0.25, 0.3) is 0 Å². The molecule has 0 spiro atoms. The van der Waals surface area contributed by atoms with Crippen LogP contribution < -0.4 is 10.7 Å². The van der Waals surface area contributed by atoms with Gasteiger partial charge in [0.05, 0.1) is 12.6 Å². The van der Waals surface area contributed by atoms with Gasteiger partial charge in [0.15, 0.2) is 11.4 Å². The Hall–Kier alpha value is -3.27. The summed E-state index contributed by atoms with van der Waals surface area (Å²) in [5, 5.41) is 12.8. The zero-order chi connectivity index (χ0) is 21.4. The van der Waals surface area contributed by atoms with E-state index in [2.05, 4.69) is 5.32 Å². The lowest BCUT2D eigenvalue weighted by molar-refractivity contribution is 0.0323. The topological polar surface area (TPSA) is 101 Å². The number of nitrogens with zero attached hydrogens (tertiary/aromatic N) is 2. The van der Waals surface area contributed by atoms with Crippen LogP contribution in [0.1, 0.15) is 38.9 Å². The van der Waals surface area contributed by atoms with E-state index in [0.29, 0.717) is 32.2 Å². The van der Waals surface area contributed by atoms with E-state index < -0.39 is 34.6 Å². The van der Waals surface area contributed by atoms with Crippen LogP contribution in [0.3, 0.4) is 0 Å². The Morgan fingerprint density at radius 3 is 2.87 bits per heavy atom. The molecular formula is C20H19F2N3O5. The largest absolute Gasteiger partial charge is 0.503 e. The molecule has 0 aliphatic carbocycles. The summed E-state index contributed by atoms with van der Waals surface area (Å²) in [7, 11) is 0. The second-order valence-electron chi connectivity index (χ2n) is 7.23. The normalized spacial score (nSPS) is 18.4. The van der Waals surface area contributed by atoms with Gasteiger partial charge in [-0.05, 0) is 12.5 Å². The van der Waals surface area contributed by atoms with Gasteiger partial charge in [-0.15, -0.1) is 0 Å². The molecule has 2 aromatic rings. The van der Waals surface area contributed by atoms with Crippen molar-refractivity contribution in [1.29, 1.82) is 0 Å². The van der Waals surface area contributed by atoms with Crippen LogP contribution in [-0.2, 0) is 11.3 Å². The molecule has 0 saturated carbocycles. The van der Waals surface area contributed by atoms with E-state index in [1.165, 1.54) is 16.8 Å². The van der Waals surface area contributed by atoms with Crippen molar-refractivity contribution < 1.29 is 28.2 Å². The van der Waals surface area contributed by atoms with Crippen molar-refractivity contribution in [2.45, 2.75) is 19.0 Å². The first kappa shape index (κ1) is 20.0. The molecule has 4 rings (SSSR count). The Morgan fingerprint density at radius 1 is 1.30 bits per heavy atom. The highest BCUT2D eigenvalue weighted by atomic mass is 19.1. The molecular weight excluding hydrogens is 400 g/mol. The standard InChI is InChI=1S/C20H19F2N3O5/c21-12-3-2-11(15(22)6-12)7-23-19(28)14-9-25-13-8-24(4-1-5-30-10-13)20(29)16(25)18(27)17(14)26/h2-3,6,9,13,27H,1,4-5,7-8,10H2,(H,23,28)/t13-/m1/s1. The van der Waals surface area contributed by atoms with Gasteiger partial charge in [-0.25, -0.2) is 8.78 Å². The zero-order valence-electron chi connectivity index (χ0n) is 15.9. The average molecular weight is 419 g/mol. The minimum absolute atomic E-state index is 0.0336. The maximum absolute atomic E-state index is 13.8. The van der Waals surface area contributed by atoms with Crippen molar-refractivity contribution in [2.75, 3.05) is 26.3 Å². The summed E-state index contributed by atoms with van der Waals surface area (Å²) >= 11 is 0. The number of carbonyl (C=O) groups is 2. The summed E-state index contributed by atoms with van der Waals surface area (Å²) in [4.78, 5) is 39.4. The highest BCUT2D eigenvalue weighted by molar-refractivity contribution is 5.99. The molecule has 3 heterocycles. The number of aromatic nitrogens is 1. The number of fused-ring (bicyclic) bond motifs is 4. The fourth-order valence-corrected chi connectivity index (χ4v) is 3.69. The molecule has 0 radical (unpaired) electrons. The van der Waals surface area contributed by atoms with Crippen LogP contribution in [0.2, 0.25) is 0 Å². The summed E-state index contributed by atoms with van der Waals surface area (Å²) in [6.07, 6.45) is 1.86. The van der Waals surface area contributed by atoms with Crippen LogP contribution in [0.5, 0.6) is 5.75 Å². The van der Waals surface area contributed by atoms with Gasteiger partial charge < -0.3 is 24.6 Å². The monoisotopic (exact) mass is 419 g/mol. The number of rotatable bonds is 3. The van der Waals surface area contributed by atoms with Gasteiger partial charge in [0.1, 0.15) is 17.2 Å². The van der Waals surface area contributed by atoms with E-state index in [4.69, 9.17) is 4.74 Å². The molecule has 1 saturated heterocycles. The third-order valence-electron chi connectivity index (χ3n) is 5.25. The number of amides is 2. The zero-order valence-corrected chi connectivity index (χ0v) is 15.9. The molecule has 2 aliphatic heterocycles. The molecule has 0 unspecified atom stereocenters. The van der Waals surface area contributed by atoms with Gasteiger partial charge in [-0.3, -0.25) is 14.4 Å². The fourth-order valence-electron chi connectivity index (χ4n) is 3.69. The first-order valence-corrected chi connectivity index (χ1v) is 9.44. The molecule has 1 atom stereocenters. The Labute approximate surface area is 169 Å². The first-order valence-electron chi connectivity index (χ1n) is 9.44. The second-order valence-corrected chi connectivity index (χ2v) is 7.23. The van der Waals surface area contributed by atoms with Crippen molar-refractivity contribution in [1.82, 2.24) is 14.8 Å². The van der Waals surface area contributed by atoms with Crippen molar-refractivity contribution in [3.8, 4) is 5.75 Å². The Bertz CT molecular complexity index is 1080. The van der Waals surface area contributed by atoms with Crippen molar-refractivity contribution >= 4 is 11.8 Å². The summed E-state index contributed by atoms with van der Waals surface area (Å²) in [6, 6.07) is 2.55. The van der Waals surface area contributed by atoms with Crippen LogP contribution in [0.15, 0.2) is 29.2 Å². The summed E-state index contributed by atoms with van der Waals surface area (Å²) in [5.41, 5.74) is -1.53. The van der Waals surface area contributed by atoms with Crippen LogP contribution in [-0.4, -0.2) is 52.7 Å². The number of hydrogen-bond donors (Lipinski definition) is 2. The molecule has 8 nitrogen and oxygen atoms in total. The summed E-state index contributed by atoms with van der Waals surface area (Å²) < 4.78 is 33.7. The maximum Gasteiger partial charge on any atom is 0.274 e. The van der Waals surface area contributed by atoms with Crippen molar-refractivity contribution in [2.24, 2.45) is 0 Å². The molecule has 1 aromatic heterocycles. The highest BCUT2D eigenvalue weighted by Gasteiger charge is 2.36. The van der Waals surface area contributed by atoms with E-state index >= 15 is 0 Å². The smallest absolute Gasteiger partial charge is 0.274 e. The van der Waals surface area contributed by atoms with Crippen LogP contribution in [0, 0.1) is 11.6 Å². The molecule has 1 aromatic carbocycles. The lowest BCUT2D eigenvalue weighted by Crippen LogP contribution is -2.48. The van der Waals surface area contributed by atoms with E-state index in [1.807, 2.05) is 0 Å². The van der Waals surface area contributed by atoms with E-state index in [9.17, 15) is 28.3 Å². The number of ether oxygens (including phenoxy) is 1. The first-order chi connectivity index (χ1) is 14.4. The highest BCUT2D eigenvalue weighted by Crippen LogP contribution is 2.28. The predicted octanol–water partition coefficient (Wildman–Crippen LogP) is 1.18. The molecule has 1 fully saturated rings. The Balaban J connectivity index is 1.65. The van der Waals surface area contributed by atoms with Crippen molar-refractivity contribution in [3.05, 3.63) is 63.1 Å². The van der Waals surface area contributed by atoms with Crippen LogP contribution in [0.4, 0.5) is 8.78 Å². The SMILES string of the molecule is O=C(NCc1ccc(F)cc1F)c1cn2c(c(O)c1=O)C(=O)N1CCCOC[C@H]2C1. The molecule has 10 heteroatoms. The molecule has 30 heavy (non-hydrogen) atoms. The summed E-state index contributed by atoms with van der Waals surface area (Å²) in [5.74, 6) is -3.73. The fraction of sp³-hybridized carbons (Fsp3) is 0.350. The number of aromatic hydroxyl groups is 1. The van der Waals surface area contributed by atoms with Gasteiger partial charge in [0.2, 0.25) is 5.43 Å². The van der Waals surface area contributed by atoms with E-state index in [1.54, 1.807) is 4.90 Å². The van der Waals surface area contributed by atoms with Gasteiger partial charge in [-0.2, -0.15) is 0 Å². The number of carbonyl (C=O) groups excluding carboxylic acids is 2. The molecule has 2 N–H and O–H groups in total. The number of hydrogen-bond acceptors (Lipinski definition) is 5. The van der Waals surface area contributed by atoms with Crippen LogP contribution >= 0.6 is 0 Å². The minimum Gasteiger partial charge on any atom is -0.503 e. The van der Waals surface area contributed by atoms with Gasteiger partial charge in [0, 0.05) is 44.1 Å². The maximum atomic E-state index is 13.8. The van der Waals surface area contributed by atoms with E-state index in [-0.39, 0.29) is 36.0 Å². The van der Waals surface area contributed by atoms with E-state index in [0.717, 1.165) is 6.07 Å². The van der Waals surface area contributed by atoms with Gasteiger partial charge in [0.25, 0.3) is 11.8 Å². The number of halogens is 2. The quantitative estimate of drug-likeness (QED) is 0.778. The lowest BCUT2D eigenvalue weighted by atomic mass is 10.1. The Kier molecular flexibility index (Phi) is 5.25. The molecule has 2 bridgehead atoms. The average Bonchev–Trinajstić information content (AvgIpc) is 2.68. The second kappa shape index (κ2) is 7.86. The number of nitrogens with one attached hydrogen (secondary N) is 1. The predicted molar refractivity (Wildman–Crippen MR) is 100 cm³/mol. The lowest BCUT2D eigenvalue weighted by Gasteiger charge is -2.37. The molecule has 2 aliphatic rings. The minimum atomic E-state index is -0.995.